The summed E-state index contributed by atoms with van der Waals surface area (Å²) in [5.74, 6) is -0.435. The van der Waals surface area contributed by atoms with E-state index in [1.165, 1.54) is 13.2 Å². The van der Waals surface area contributed by atoms with Crippen molar-refractivity contribution in [2.75, 3.05) is 31.3 Å². The molecule has 2 fully saturated rings. The van der Waals surface area contributed by atoms with Crippen LogP contribution in [0.1, 0.15) is 46.2 Å². The van der Waals surface area contributed by atoms with Crippen molar-refractivity contribution >= 4 is 34.9 Å². The average molecular weight is 510 g/mol. The van der Waals surface area contributed by atoms with Gasteiger partial charge in [-0.3, -0.25) is 14.4 Å². The van der Waals surface area contributed by atoms with Gasteiger partial charge in [0.05, 0.1) is 30.6 Å². The smallest absolute Gasteiger partial charge is 0.273 e. The number of amides is 3. The standard InChI is InChI=1S/C24H26N8O5/c1-25-24(35)20-16(11-17(29-30-20)27-23(34)13-8-9-13)26-15-6-3-5-14(21(15)36-2)22-28-18(37-31-22)12-32-10-4-7-19(32)33/h3,5-6,11,13H,4,7-10,12H2,1-2H3,(H,25,35)(H2,26,27,29,34)/i1D3. The lowest BCUT2D eigenvalue weighted by molar-refractivity contribution is -0.128. The predicted octanol–water partition coefficient (Wildman–Crippen LogP) is 2.11. The number of rotatable bonds is 9. The number of nitrogens with one attached hydrogen (secondary N) is 3. The van der Waals surface area contributed by atoms with Gasteiger partial charge in [0.25, 0.3) is 5.91 Å². The van der Waals surface area contributed by atoms with Gasteiger partial charge in [-0.25, -0.2) is 0 Å². The zero-order valence-corrected chi connectivity index (χ0v) is 19.9. The highest BCUT2D eigenvalue weighted by atomic mass is 16.5. The molecular formula is C24H26N8O5. The Hall–Kier alpha value is -4.55. The second-order valence-corrected chi connectivity index (χ2v) is 8.65. The molecule has 1 saturated heterocycles. The number of likely N-dealkylation sites (tertiary alicyclic amines) is 1. The van der Waals surface area contributed by atoms with Crippen LogP contribution in [-0.4, -0.2) is 63.6 Å². The normalized spacial score (nSPS) is 16.5. The molecule has 37 heavy (non-hydrogen) atoms. The number of nitrogens with zero attached hydrogens (tertiary/aromatic N) is 5. The second kappa shape index (κ2) is 10.2. The fourth-order valence-electron chi connectivity index (χ4n) is 3.99. The Morgan fingerprint density at radius 2 is 2.14 bits per heavy atom. The van der Waals surface area contributed by atoms with Crippen LogP contribution in [-0.2, 0) is 16.1 Å². The highest BCUT2D eigenvalue weighted by molar-refractivity contribution is 6.00. The van der Waals surface area contributed by atoms with Crippen molar-refractivity contribution in [2.24, 2.45) is 5.92 Å². The van der Waals surface area contributed by atoms with E-state index in [0.29, 0.717) is 24.2 Å². The quantitative estimate of drug-likeness (QED) is 0.389. The molecule has 0 radical (unpaired) electrons. The van der Waals surface area contributed by atoms with Crippen LogP contribution in [0.25, 0.3) is 11.4 Å². The minimum absolute atomic E-state index is 0.0283. The van der Waals surface area contributed by atoms with E-state index in [-0.39, 0.29) is 58.9 Å². The van der Waals surface area contributed by atoms with Gasteiger partial charge >= 0.3 is 0 Å². The number of ether oxygens (including phenoxy) is 1. The molecule has 1 aliphatic carbocycles. The average Bonchev–Trinajstić information content (AvgIpc) is 3.53. The highest BCUT2D eigenvalue weighted by Gasteiger charge is 2.30. The van der Waals surface area contributed by atoms with Crippen molar-refractivity contribution < 1.29 is 27.8 Å². The van der Waals surface area contributed by atoms with E-state index in [1.54, 1.807) is 23.1 Å². The van der Waals surface area contributed by atoms with Gasteiger partial charge in [-0.1, -0.05) is 11.2 Å². The number of carbonyl (C=O) groups is 3. The molecular weight excluding hydrogens is 480 g/mol. The Balaban J connectivity index is 1.45. The third-order valence-electron chi connectivity index (χ3n) is 6.02. The summed E-state index contributed by atoms with van der Waals surface area (Å²) in [5, 5.41) is 19.4. The summed E-state index contributed by atoms with van der Waals surface area (Å²) in [4.78, 5) is 43.0. The van der Waals surface area contributed by atoms with Crippen LogP contribution in [0.5, 0.6) is 5.75 Å². The summed E-state index contributed by atoms with van der Waals surface area (Å²) >= 11 is 0. The zero-order valence-electron chi connectivity index (χ0n) is 22.9. The van der Waals surface area contributed by atoms with Crippen LogP contribution >= 0.6 is 0 Å². The molecule has 0 spiro atoms. The summed E-state index contributed by atoms with van der Waals surface area (Å²) in [6, 6.07) is 6.43. The van der Waals surface area contributed by atoms with Crippen LogP contribution in [0, 0.1) is 5.92 Å². The summed E-state index contributed by atoms with van der Waals surface area (Å²) in [6.07, 6.45) is 2.83. The molecule has 2 aromatic heterocycles. The maximum absolute atomic E-state index is 12.7. The number of anilines is 3. The molecule has 2 aliphatic rings. The highest BCUT2D eigenvalue weighted by Crippen LogP contribution is 2.37. The molecule has 3 heterocycles. The van der Waals surface area contributed by atoms with Crippen molar-refractivity contribution in [3.05, 3.63) is 35.9 Å². The Kier molecular flexibility index (Phi) is 5.69. The molecule has 0 atom stereocenters. The first kappa shape index (κ1) is 20.6. The van der Waals surface area contributed by atoms with E-state index in [9.17, 15) is 14.4 Å². The van der Waals surface area contributed by atoms with Crippen molar-refractivity contribution in [2.45, 2.75) is 32.2 Å². The molecule has 13 nitrogen and oxygen atoms in total. The Morgan fingerprint density at radius 3 is 2.86 bits per heavy atom. The lowest BCUT2D eigenvalue weighted by atomic mass is 10.1. The maximum atomic E-state index is 12.7. The molecule has 1 saturated carbocycles. The molecule has 5 rings (SSSR count). The molecule has 1 aromatic carbocycles. The van der Waals surface area contributed by atoms with Gasteiger partial charge in [0.2, 0.25) is 23.5 Å². The Labute approximate surface area is 216 Å². The number of methoxy groups -OCH3 is 1. The predicted molar refractivity (Wildman–Crippen MR) is 131 cm³/mol. The van der Waals surface area contributed by atoms with Crippen LogP contribution < -0.4 is 20.7 Å². The summed E-state index contributed by atoms with van der Waals surface area (Å²) < 4.78 is 33.1. The lowest BCUT2D eigenvalue weighted by Gasteiger charge is -2.16. The Bertz CT molecular complexity index is 1460. The zero-order chi connectivity index (χ0) is 28.4. The number of hydrogen-bond donors (Lipinski definition) is 3. The van der Waals surface area contributed by atoms with Gasteiger partial charge < -0.3 is 30.1 Å². The first-order valence-corrected chi connectivity index (χ1v) is 11.7. The van der Waals surface area contributed by atoms with E-state index in [4.69, 9.17) is 13.4 Å². The largest absolute Gasteiger partial charge is 0.494 e. The molecule has 0 unspecified atom stereocenters. The number of para-hydroxylation sites is 1. The molecule has 13 heteroatoms. The fraction of sp³-hybridized carbons (Fsp3) is 0.375. The summed E-state index contributed by atoms with van der Waals surface area (Å²) in [7, 11) is 1.43. The molecule has 192 valence electrons. The summed E-state index contributed by atoms with van der Waals surface area (Å²) in [5.41, 5.74) is 0.564. The van der Waals surface area contributed by atoms with Gasteiger partial charge in [0.1, 0.15) is 0 Å². The second-order valence-electron chi connectivity index (χ2n) is 8.65. The van der Waals surface area contributed by atoms with E-state index < -0.39 is 12.9 Å². The molecule has 3 N–H and O–H groups in total. The van der Waals surface area contributed by atoms with E-state index in [2.05, 4.69) is 31.0 Å². The van der Waals surface area contributed by atoms with Gasteiger partial charge in [-0.05, 0) is 31.4 Å². The Morgan fingerprint density at radius 1 is 1.27 bits per heavy atom. The van der Waals surface area contributed by atoms with Crippen LogP contribution in [0.2, 0.25) is 0 Å². The van der Waals surface area contributed by atoms with Crippen molar-refractivity contribution in [3.63, 3.8) is 0 Å². The SMILES string of the molecule is [2H]C([2H])([2H])NC(=O)c1nnc(NC(=O)C2CC2)cc1Nc1cccc(-c2noc(CN3CCCC3=O)n2)c1OC. The molecule has 3 amide bonds. The van der Waals surface area contributed by atoms with Crippen LogP contribution in [0.4, 0.5) is 17.2 Å². The van der Waals surface area contributed by atoms with E-state index >= 15 is 0 Å². The lowest BCUT2D eigenvalue weighted by Crippen LogP contribution is -2.23. The molecule has 0 bridgehead atoms. The van der Waals surface area contributed by atoms with Crippen LogP contribution in [0.3, 0.4) is 0 Å². The van der Waals surface area contributed by atoms with E-state index in [0.717, 1.165) is 19.3 Å². The minimum Gasteiger partial charge on any atom is -0.494 e. The van der Waals surface area contributed by atoms with Crippen molar-refractivity contribution in [1.82, 2.24) is 30.6 Å². The number of carbonyl (C=O) groups excluding carboxylic acids is 3. The van der Waals surface area contributed by atoms with Gasteiger partial charge in [0.15, 0.2) is 17.3 Å². The third-order valence-corrected chi connectivity index (χ3v) is 6.02. The third kappa shape index (κ3) is 5.20. The molecule has 1 aliphatic heterocycles. The first-order chi connectivity index (χ1) is 19.1. The monoisotopic (exact) mass is 509 g/mol. The number of benzene rings is 1. The van der Waals surface area contributed by atoms with Crippen molar-refractivity contribution in [3.8, 4) is 17.1 Å². The topological polar surface area (TPSA) is 164 Å². The first-order valence-electron chi connectivity index (χ1n) is 13.2. The van der Waals surface area contributed by atoms with Crippen LogP contribution in [0.15, 0.2) is 28.8 Å². The van der Waals surface area contributed by atoms with E-state index in [1.807, 2.05) is 5.32 Å². The number of aromatic nitrogens is 4. The maximum Gasteiger partial charge on any atom is 0.273 e. The fourth-order valence-corrected chi connectivity index (χ4v) is 3.99. The van der Waals surface area contributed by atoms with Gasteiger partial charge in [0, 0.05) is 36.0 Å². The van der Waals surface area contributed by atoms with Gasteiger partial charge in [-0.2, -0.15) is 4.98 Å². The molecule has 3 aromatic rings. The minimum atomic E-state index is -2.76. The summed E-state index contributed by atoms with van der Waals surface area (Å²) in [6.45, 7) is -1.94. The van der Waals surface area contributed by atoms with Crippen molar-refractivity contribution in [1.29, 1.82) is 0 Å². The number of hydrogen-bond acceptors (Lipinski definition) is 10. The van der Waals surface area contributed by atoms with Gasteiger partial charge in [-0.15, -0.1) is 10.2 Å².